The smallest absolute Gasteiger partial charge is 0.257 e. The van der Waals surface area contributed by atoms with Gasteiger partial charge in [-0.25, -0.2) is 4.68 Å². The number of hydrogen-bond donors (Lipinski definition) is 0. The Morgan fingerprint density at radius 2 is 1.55 bits per heavy atom. The van der Waals surface area contributed by atoms with Crippen LogP contribution < -0.4 is 0 Å². The molecule has 1 fully saturated rings. The SMILES string of the molecule is Cc1ccc(CN2CCN(C(=O)c3c(C)nn(-c4ccccc4)c3C)CC2)cc1. The largest absolute Gasteiger partial charge is 0.336 e. The van der Waals surface area contributed by atoms with Crippen molar-refractivity contribution >= 4 is 5.91 Å². The Labute approximate surface area is 172 Å². The highest BCUT2D eigenvalue weighted by atomic mass is 16.2. The van der Waals surface area contributed by atoms with Crippen molar-refractivity contribution in [2.24, 2.45) is 0 Å². The molecule has 0 N–H and O–H groups in total. The van der Waals surface area contributed by atoms with Crippen LogP contribution in [0.15, 0.2) is 54.6 Å². The molecule has 0 aliphatic carbocycles. The molecular formula is C24H28N4O. The van der Waals surface area contributed by atoms with Gasteiger partial charge in [0.25, 0.3) is 5.91 Å². The van der Waals surface area contributed by atoms with Crippen LogP contribution in [-0.2, 0) is 6.54 Å². The van der Waals surface area contributed by atoms with Crippen molar-refractivity contribution in [2.75, 3.05) is 26.2 Å². The fraction of sp³-hybridized carbons (Fsp3) is 0.333. The van der Waals surface area contributed by atoms with Crippen LogP contribution in [0.25, 0.3) is 5.69 Å². The van der Waals surface area contributed by atoms with Gasteiger partial charge in [0.15, 0.2) is 0 Å². The number of aromatic nitrogens is 2. The lowest BCUT2D eigenvalue weighted by Gasteiger charge is -2.34. The number of carbonyl (C=O) groups is 1. The Balaban J connectivity index is 1.43. The van der Waals surface area contributed by atoms with E-state index >= 15 is 0 Å². The van der Waals surface area contributed by atoms with Crippen molar-refractivity contribution in [3.63, 3.8) is 0 Å². The summed E-state index contributed by atoms with van der Waals surface area (Å²) in [5, 5.41) is 4.63. The zero-order valence-corrected chi connectivity index (χ0v) is 17.4. The van der Waals surface area contributed by atoms with Gasteiger partial charge in [-0.1, -0.05) is 48.0 Å². The number of nitrogens with zero attached hydrogens (tertiary/aromatic N) is 4. The van der Waals surface area contributed by atoms with Crippen LogP contribution in [-0.4, -0.2) is 51.7 Å². The molecule has 0 saturated carbocycles. The van der Waals surface area contributed by atoms with E-state index < -0.39 is 0 Å². The normalized spacial score (nSPS) is 14.9. The van der Waals surface area contributed by atoms with E-state index in [1.54, 1.807) is 0 Å². The molecule has 1 saturated heterocycles. The van der Waals surface area contributed by atoms with E-state index in [-0.39, 0.29) is 5.91 Å². The Morgan fingerprint density at radius 1 is 0.897 bits per heavy atom. The number of amides is 1. The van der Waals surface area contributed by atoms with E-state index in [9.17, 15) is 4.79 Å². The molecule has 5 nitrogen and oxygen atoms in total. The van der Waals surface area contributed by atoms with Gasteiger partial charge in [0.2, 0.25) is 0 Å². The lowest BCUT2D eigenvalue weighted by atomic mass is 10.1. The maximum Gasteiger partial charge on any atom is 0.257 e. The molecule has 0 radical (unpaired) electrons. The minimum Gasteiger partial charge on any atom is -0.336 e. The van der Waals surface area contributed by atoms with E-state index in [0.29, 0.717) is 0 Å². The quantitative estimate of drug-likeness (QED) is 0.683. The predicted molar refractivity (Wildman–Crippen MR) is 115 cm³/mol. The molecule has 0 bridgehead atoms. The third-order valence-electron chi connectivity index (χ3n) is 5.69. The molecule has 5 heteroatoms. The Hall–Kier alpha value is -2.92. The van der Waals surface area contributed by atoms with Gasteiger partial charge in [-0.3, -0.25) is 9.69 Å². The first kappa shape index (κ1) is 19.4. The third kappa shape index (κ3) is 4.10. The molecule has 1 aromatic heterocycles. The van der Waals surface area contributed by atoms with Gasteiger partial charge < -0.3 is 4.90 Å². The van der Waals surface area contributed by atoms with Crippen molar-refractivity contribution in [3.8, 4) is 5.69 Å². The molecule has 29 heavy (non-hydrogen) atoms. The molecule has 3 aromatic rings. The summed E-state index contributed by atoms with van der Waals surface area (Å²) < 4.78 is 1.87. The van der Waals surface area contributed by atoms with Crippen LogP contribution in [0.2, 0.25) is 0 Å². The van der Waals surface area contributed by atoms with Crippen LogP contribution in [0.5, 0.6) is 0 Å². The summed E-state index contributed by atoms with van der Waals surface area (Å²) in [6.07, 6.45) is 0. The highest BCUT2D eigenvalue weighted by molar-refractivity contribution is 5.96. The minimum absolute atomic E-state index is 0.0946. The van der Waals surface area contributed by atoms with Crippen LogP contribution >= 0.6 is 0 Å². The lowest BCUT2D eigenvalue weighted by molar-refractivity contribution is 0.0627. The van der Waals surface area contributed by atoms with Crippen molar-refractivity contribution in [1.82, 2.24) is 19.6 Å². The van der Waals surface area contributed by atoms with Gasteiger partial charge in [0.1, 0.15) is 0 Å². The van der Waals surface area contributed by atoms with Gasteiger partial charge in [0.05, 0.1) is 22.6 Å². The maximum atomic E-state index is 13.2. The number of hydrogen-bond acceptors (Lipinski definition) is 3. The van der Waals surface area contributed by atoms with E-state index in [0.717, 1.165) is 55.4 Å². The molecule has 1 aliphatic heterocycles. The predicted octanol–water partition coefficient (Wildman–Crippen LogP) is 3.76. The second-order valence-corrected chi connectivity index (χ2v) is 7.85. The second kappa shape index (κ2) is 8.21. The Morgan fingerprint density at radius 3 is 2.21 bits per heavy atom. The number of para-hydroxylation sites is 1. The van der Waals surface area contributed by atoms with E-state index in [2.05, 4.69) is 41.2 Å². The number of benzene rings is 2. The third-order valence-corrected chi connectivity index (χ3v) is 5.69. The zero-order valence-electron chi connectivity index (χ0n) is 17.4. The van der Waals surface area contributed by atoms with E-state index in [1.807, 2.05) is 53.8 Å². The topological polar surface area (TPSA) is 41.4 Å². The molecule has 2 aromatic carbocycles. The molecule has 150 valence electrons. The van der Waals surface area contributed by atoms with Crippen molar-refractivity contribution in [1.29, 1.82) is 0 Å². The van der Waals surface area contributed by atoms with E-state index in [4.69, 9.17) is 0 Å². The van der Waals surface area contributed by atoms with E-state index in [1.165, 1.54) is 11.1 Å². The molecule has 0 spiro atoms. The highest BCUT2D eigenvalue weighted by Crippen LogP contribution is 2.20. The number of carbonyl (C=O) groups excluding carboxylic acids is 1. The van der Waals surface area contributed by atoms with Crippen LogP contribution in [0.1, 0.15) is 32.9 Å². The Bertz CT molecular complexity index is 984. The molecular weight excluding hydrogens is 360 g/mol. The van der Waals surface area contributed by atoms with Gasteiger partial charge >= 0.3 is 0 Å². The monoisotopic (exact) mass is 388 g/mol. The average molecular weight is 389 g/mol. The standard InChI is InChI=1S/C24H28N4O/c1-18-9-11-21(12-10-18)17-26-13-15-27(16-14-26)24(29)23-19(2)25-28(20(23)3)22-7-5-4-6-8-22/h4-12H,13-17H2,1-3H3. The van der Waals surface area contributed by atoms with Crippen LogP contribution in [0.4, 0.5) is 0 Å². The summed E-state index contributed by atoms with van der Waals surface area (Å²) in [4.78, 5) is 17.6. The molecule has 2 heterocycles. The fourth-order valence-corrected chi connectivity index (χ4v) is 3.99. The zero-order chi connectivity index (χ0) is 20.4. The van der Waals surface area contributed by atoms with Gasteiger partial charge in [-0.2, -0.15) is 5.10 Å². The van der Waals surface area contributed by atoms with Crippen molar-refractivity contribution in [3.05, 3.63) is 82.7 Å². The summed E-state index contributed by atoms with van der Waals surface area (Å²) in [6.45, 7) is 10.2. The maximum absolute atomic E-state index is 13.2. The average Bonchev–Trinajstić information content (AvgIpc) is 3.04. The summed E-state index contributed by atoms with van der Waals surface area (Å²) in [6, 6.07) is 18.7. The summed E-state index contributed by atoms with van der Waals surface area (Å²) in [7, 11) is 0. The number of aryl methyl sites for hydroxylation is 2. The van der Waals surface area contributed by atoms with Crippen LogP contribution in [0, 0.1) is 20.8 Å². The molecule has 4 rings (SSSR count). The van der Waals surface area contributed by atoms with Gasteiger partial charge in [0, 0.05) is 32.7 Å². The minimum atomic E-state index is 0.0946. The second-order valence-electron chi connectivity index (χ2n) is 7.85. The van der Waals surface area contributed by atoms with Crippen LogP contribution in [0.3, 0.4) is 0 Å². The summed E-state index contributed by atoms with van der Waals surface area (Å²) >= 11 is 0. The first-order chi connectivity index (χ1) is 14.0. The van der Waals surface area contributed by atoms with Crippen molar-refractivity contribution in [2.45, 2.75) is 27.3 Å². The lowest BCUT2D eigenvalue weighted by Crippen LogP contribution is -2.48. The summed E-state index contributed by atoms with van der Waals surface area (Å²) in [5.74, 6) is 0.0946. The fourth-order valence-electron chi connectivity index (χ4n) is 3.99. The van der Waals surface area contributed by atoms with Crippen molar-refractivity contribution < 1.29 is 4.79 Å². The van der Waals surface area contributed by atoms with Gasteiger partial charge in [-0.15, -0.1) is 0 Å². The molecule has 0 atom stereocenters. The Kier molecular flexibility index (Phi) is 5.49. The number of piperazine rings is 1. The van der Waals surface area contributed by atoms with Gasteiger partial charge in [-0.05, 0) is 38.5 Å². The highest BCUT2D eigenvalue weighted by Gasteiger charge is 2.27. The first-order valence-corrected chi connectivity index (χ1v) is 10.2. The number of rotatable bonds is 4. The first-order valence-electron chi connectivity index (χ1n) is 10.2. The molecule has 1 amide bonds. The molecule has 0 unspecified atom stereocenters. The summed E-state index contributed by atoms with van der Waals surface area (Å²) in [5.41, 5.74) is 6.02. The molecule has 1 aliphatic rings.